The van der Waals surface area contributed by atoms with Crippen molar-refractivity contribution in [1.82, 2.24) is 0 Å². The number of hydrogen-bond donors (Lipinski definition) is 1. The summed E-state index contributed by atoms with van der Waals surface area (Å²) in [5.74, 6) is 0. The van der Waals surface area contributed by atoms with Gasteiger partial charge in [-0.15, -0.1) is 0 Å². The molecular formula is C16H34S. The van der Waals surface area contributed by atoms with Crippen LogP contribution in [0.3, 0.4) is 0 Å². The van der Waals surface area contributed by atoms with Crippen LogP contribution in [-0.4, -0.2) is 5.25 Å². The molecule has 104 valence electrons. The van der Waals surface area contributed by atoms with Gasteiger partial charge in [-0.05, 0) is 11.8 Å². The monoisotopic (exact) mass is 258 g/mol. The number of hydrogen-bond acceptors (Lipinski definition) is 1. The maximum Gasteiger partial charge on any atom is 0.00653 e. The molecule has 1 unspecified atom stereocenters. The minimum Gasteiger partial charge on any atom is -0.175 e. The summed E-state index contributed by atoms with van der Waals surface area (Å²) in [6.07, 6.45) is 14.0. The lowest BCUT2D eigenvalue weighted by Crippen LogP contribution is -2.20. The first-order valence-electron chi connectivity index (χ1n) is 7.66. The van der Waals surface area contributed by atoms with Crippen molar-refractivity contribution in [3.05, 3.63) is 0 Å². The fourth-order valence-electron chi connectivity index (χ4n) is 2.08. The summed E-state index contributed by atoms with van der Waals surface area (Å²) >= 11 is 4.69. The van der Waals surface area contributed by atoms with Gasteiger partial charge in [-0.2, -0.15) is 12.6 Å². The highest BCUT2D eigenvalue weighted by atomic mass is 32.1. The minimum atomic E-state index is 0.364. The molecule has 0 fully saturated rings. The fraction of sp³-hybridized carbons (Fsp3) is 1.00. The van der Waals surface area contributed by atoms with E-state index in [9.17, 15) is 0 Å². The molecule has 0 aliphatic rings. The highest BCUT2D eigenvalue weighted by molar-refractivity contribution is 7.81. The summed E-state index contributed by atoms with van der Waals surface area (Å²) in [4.78, 5) is 0. The Kier molecular flexibility index (Phi) is 10.5. The van der Waals surface area contributed by atoms with Gasteiger partial charge in [-0.3, -0.25) is 0 Å². The highest BCUT2D eigenvalue weighted by Crippen LogP contribution is 2.28. The molecule has 0 radical (unpaired) electrons. The SMILES string of the molecule is CCCCCCCCCCCC(S)C(C)(C)C. The lowest BCUT2D eigenvalue weighted by molar-refractivity contribution is 0.372. The van der Waals surface area contributed by atoms with E-state index in [0.29, 0.717) is 10.7 Å². The summed E-state index contributed by atoms with van der Waals surface area (Å²) in [5.41, 5.74) is 0.364. The van der Waals surface area contributed by atoms with E-state index in [1.54, 1.807) is 0 Å². The van der Waals surface area contributed by atoms with Crippen molar-refractivity contribution in [2.24, 2.45) is 5.41 Å². The van der Waals surface area contributed by atoms with E-state index < -0.39 is 0 Å². The third kappa shape index (κ3) is 11.2. The van der Waals surface area contributed by atoms with Crippen molar-refractivity contribution in [3.63, 3.8) is 0 Å². The Morgan fingerprint density at radius 3 is 1.59 bits per heavy atom. The zero-order chi connectivity index (χ0) is 13.1. The second kappa shape index (κ2) is 10.3. The Hall–Kier alpha value is 0.350. The van der Waals surface area contributed by atoms with Crippen LogP contribution in [0.4, 0.5) is 0 Å². The maximum absolute atomic E-state index is 4.69. The Labute approximate surface area is 115 Å². The highest BCUT2D eigenvalue weighted by Gasteiger charge is 2.19. The summed E-state index contributed by atoms with van der Waals surface area (Å²) in [7, 11) is 0. The average molecular weight is 259 g/mol. The second-order valence-electron chi connectivity index (χ2n) is 6.50. The first kappa shape index (κ1) is 17.4. The van der Waals surface area contributed by atoms with Gasteiger partial charge >= 0.3 is 0 Å². The van der Waals surface area contributed by atoms with Crippen LogP contribution in [-0.2, 0) is 0 Å². The van der Waals surface area contributed by atoms with Crippen molar-refractivity contribution in [2.45, 2.75) is 97.2 Å². The first-order valence-corrected chi connectivity index (χ1v) is 8.18. The fourth-order valence-corrected chi connectivity index (χ4v) is 2.26. The van der Waals surface area contributed by atoms with Crippen LogP contribution < -0.4 is 0 Å². The van der Waals surface area contributed by atoms with Gasteiger partial charge in [0.1, 0.15) is 0 Å². The van der Waals surface area contributed by atoms with E-state index >= 15 is 0 Å². The summed E-state index contributed by atoms with van der Waals surface area (Å²) in [5, 5.41) is 0.562. The maximum atomic E-state index is 4.69. The van der Waals surface area contributed by atoms with Gasteiger partial charge in [0.25, 0.3) is 0 Å². The molecule has 0 heterocycles. The van der Waals surface area contributed by atoms with Gasteiger partial charge in [-0.1, -0.05) is 85.5 Å². The van der Waals surface area contributed by atoms with E-state index in [1.165, 1.54) is 64.2 Å². The molecule has 0 N–H and O–H groups in total. The van der Waals surface area contributed by atoms with Gasteiger partial charge in [-0.25, -0.2) is 0 Å². The van der Waals surface area contributed by atoms with Crippen LogP contribution >= 0.6 is 12.6 Å². The normalized spacial score (nSPS) is 13.9. The molecule has 0 aromatic heterocycles. The summed E-state index contributed by atoms with van der Waals surface area (Å²) in [6, 6.07) is 0. The van der Waals surface area contributed by atoms with Crippen molar-refractivity contribution >= 4 is 12.6 Å². The smallest absolute Gasteiger partial charge is 0.00653 e. The van der Waals surface area contributed by atoms with Gasteiger partial charge in [0, 0.05) is 5.25 Å². The second-order valence-corrected chi connectivity index (χ2v) is 7.12. The van der Waals surface area contributed by atoms with Crippen molar-refractivity contribution in [3.8, 4) is 0 Å². The van der Waals surface area contributed by atoms with E-state index in [1.807, 2.05) is 0 Å². The topological polar surface area (TPSA) is 0 Å². The van der Waals surface area contributed by atoms with Crippen LogP contribution in [0, 0.1) is 5.41 Å². The molecule has 0 rings (SSSR count). The van der Waals surface area contributed by atoms with Crippen molar-refractivity contribution < 1.29 is 0 Å². The first-order chi connectivity index (χ1) is 7.98. The molecule has 1 heteroatoms. The molecule has 0 spiro atoms. The molecular weight excluding hydrogens is 224 g/mol. The standard InChI is InChI=1S/C16H34S/c1-5-6-7-8-9-10-11-12-13-14-15(17)16(2,3)4/h15,17H,5-14H2,1-4H3. The van der Waals surface area contributed by atoms with Crippen molar-refractivity contribution in [1.29, 1.82) is 0 Å². The zero-order valence-corrected chi connectivity index (χ0v) is 13.5. The predicted molar refractivity (Wildman–Crippen MR) is 84.1 cm³/mol. The number of unbranched alkanes of at least 4 members (excludes halogenated alkanes) is 8. The van der Waals surface area contributed by atoms with Gasteiger partial charge < -0.3 is 0 Å². The van der Waals surface area contributed by atoms with Crippen LogP contribution in [0.25, 0.3) is 0 Å². The third-order valence-electron chi connectivity index (χ3n) is 3.58. The molecule has 0 nitrogen and oxygen atoms in total. The molecule has 0 aliphatic carbocycles. The molecule has 0 saturated carbocycles. The summed E-state index contributed by atoms with van der Waals surface area (Å²) < 4.78 is 0. The minimum absolute atomic E-state index is 0.364. The number of rotatable bonds is 10. The predicted octanol–water partition coefficient (Wildman–Crippen LogP) is 6.25. The Morgan fingerprint density at radius 2 is 1.18 bits per heavy atom. The van der Waals surface area contributed by atoms with Crippen LogP contribution in [0.2, 0.25) is 0 Å². The molecule has 0 saturated heterocycles. The summed E-state index contributed by atoms with van der Waals surface area (Å²) in [6.45, 7) is 9.15. The number of thiol groups is 1. The zero-order valence-electron chi connectivity index (χ0n) is 12.6. The van der Waals surface area contributed by atoms with Crippen LogP contribution in [0.15, 0.2) is 0 Å². The molecule has 17 heavy (non-hydrogen) atoms. The largest absolute Gasteiger partial charge is 0.175 e. The third-order valence-corrected chi connectivity index (χ3v) is 4.61. The molecule has 0 aliphatic heterocycles. The van der Waals surface area contributed by atoms with Gasteiger partial charge in [0.2, 0.25) is 0 Å². The Morgan fingerprint density at radius 1 is 0.765 bits per heavy atom. The lowest BCUT2D eigenvalue weighted by Gasteiger charge is -2.26. The molecule has 0 aromatic rings. The van der Waals surface area contributed by atoms with Gasteiger partial charge in [0.15, 0.2) is 0 Å². The van der Waals surface area contributed by atoms with E-state index in [4.69, 9.17) is 12.6 Å². The van der Waals surface area contributed by atoms with E-state index in [2.05, 4.69) is 27.7 Å². The van der Waals surface area contributed by atoms with Gasteiger partial charge in [0.05, 0.1) is 0 Å². The molecule has 1 atom stereocenters. The Bertz CT molecular complexity index is 157. The molecule has 0 aromatic carbocycles. The average Bonchev–Trinajstić information content (AvgIpc) is 2.25. The van der Waals surface area contributed by atoms with Crippen LogP contribution in [0.1, 0.15) is 91.9 Å². The van der Waals surface area contributed by atoms with Crippen LogP contribution in [0.5, 0.6) is 0 Å². The molecule has 0 bridgehead atoms. The Balaban J connectivity index is 3.19. The van der Waals surface area contributed by atoms with Crippen molar-refractivity contribution in [2.75, 3.05) is 0 Å². The van der Waals surface area contributed by atoms with E-state index in [-0.39, 0.29) is 0 Å². The lowest BCUT2D eigenvalue weighted by atomic mass is 9.88. The molecule has 0 amide bonds. The van der Waals surface area contributed by atoms with E-state index in [0.717, 1.165) is 0 Å². The quantitative estimate of drug-likeness (QED) is 0.347.